The lowest BCUT2D eigenvalue weighted by Crippen LogP contribution is -2.03. The molecule has 0 fully saturated rings. The fourth-order valence-corrected chi connectivity index (χ4v) is 2.77. The van der Waals surface area contributed by atoms with E-state index in [9.17, 15) is 4.79 Å². The lowest BCUT2D eigenvalue weighted by atomic mass is 10.1. The van der Waals surface area contributed by atoms with Crippen LogP contribution in [0.15, 0.2) is 24.4 Å². The number of anilines is 1. The van der Waals surface area contributed by atoms with Gasteiger partial charge in [-0.25, -0.2) is 0 Å². The number of hydrogen-bond acceptors (Lipinski definition) is 3. The standard InChI is InChI=1S/C13H9Cl3N2O2/c14-7-3-8(15)12(9(16)4-7)13-10(17)1-6(5-18-13)2-11(19)20/h1,3-5H,2,17H2,(H,19,20). The highest BCUT2D eigenvalue weighted by Crippen LogP contribution is 2.38. The third-order valence-electron chi connectivity index (χ3n) is 2.57. The predicted octanol–water partition coefficient (Wildman–Crippen LogP) is 3.92. The summed E-state index contributed by atoms with van der Waals surface area (Å²) in [6.07, 6.45) is 1.28. The Bertz CT molecular complexity index is 666. The first-order valence-electron chi connectivity index (χ1n) is 5.49. The molecule has 3 N–H and O–H groups in total. The third-order valence-corrected chi connectivity index (χ3v) is 3.39. The number of nitrogen functional groups attached to an aromatic ring is 1. The number of nitrogens with two attached hydrogens (primary N) is 1. The molecule has 0 saturated carbocycles. The molecule has 0 atom stereocenters. The summed E-state index contributed by atoms with van der Waals surface area (Å²) >= 11 is 18.1. The highest BCUT2D eigenvalue weighted by molar-refractivity contribution is 6.41. The molecule has 2 rings (SSSR count). The number of rotatable bonds is 3. The molecule has 0 bridgehead atoms. The fraction of sp³-hybridized carbons (Fsp3) is 0.0769. The number of halogens is 3. The van der Waals surface area contributed by atoms with Crippen LogP contribution in [0.3, 0.4) is 0 Å². The van der Waals surface area contributed by atoms with Gasteiger partial charge in [0.2, 0.25) is 0 Å². The molecule has 1 aromatic heterocycles. The van der Waals surface area contributed by atoms with Gasteiger partial charge in [0.15, 0.2) is 0 Å². The normalized spacial score (nSPS) is 10.6. The second kappa shape index (κ2) is 5.87. The minimum atomic E-state index is -0.957. The van der Waals surface area contributed by atoms with Crippen molar-refractivity contribution >= 4 is 46.5 Å². The Balaban J connectivity index is 2.51. The van der Waals surface area contributed by atoms with Crippen molar-refractivity contribution in [2.45, 2.75) is 6.42 Å². The van der Waals surface area contributed by atoms with Gasteiger partial charge in [0.05, 0.1) is 27.8 Å². The van der Waals surface area contributed by atoms with Gasteiger partial charge in [-0.1, -0.05) is 34.8 Å². The van der Waals surface area contributed by atoms with Gasteiger partial charge >= 0.3 is 5.97 Å². The van der Waals surface area contributed by atoms with Gasteiger partial charge in [0.25, 0.3) is 0 Å². The molecule has 0 amide bonds. The highest BCUT2D eigenvalue weighted by Gasteiger charge is 2.15. The zero-order valence-electron chi connectivity index (χ0n) is 10.0. The van der Waals surface area contributed by atoms with Crippen LogP contribution >= 0.6 is 34.8 Å². The van der Waals surface area contributed by atoms with Gasteiger partial charge in [0.1, 0.15) is 0 Å². The molecule has 0 radical (unpaired) electrons. The Kier molecular flexibility index (Phi) is 4.38. The maximum absolute atomic E-state index is 10.7. The van der Waals surface area contributed by atoms with E-state index in [0.29, 0.717) is 37.6 Å². The van der Waals surface area contributed by atoms with Crippen molar-refractivity contribution in [1.82, 2.24) is 4.98 Å². The van der Waals surface area contributed by atoms with E-state index < -0.39 is 5.97 Å². The summed E-state index contributed by atoms with van der Waals surface area (Å²) < 4.78 is 0. The molecule has 0 unspecified atom stereocenters. The van der Waals surface area contributed by atoms with Crippen LogP contribution in [-0.4, -0.2) is 16.1 Å². The fourth-order valence-electron chi connectivity index (χ4n) is 1.78. The summed E-state index contributed by atoms with van der Waals surface area (Å²) in [6, 6.07) is 4.62. The van der Waals surface area contributed by atoms with Crippen LogP contribution in [0, 0.1) is 0 Å². The smallest absolute Gasteiger partial charge is 0.307 e. The number of aliphatic carboxylic acids is 1. The SMILES string of the molecule is Nc1cc(CC(=O)O)cnc1-c1c(Cl)cc(Cl)cc1Cl. The minimum absolute atomic E-state index is 0.153. The van der Waals surface area contributed by atoms with Gasteiger partial charge in [-0.2, -0.15) is 0 Å². The van der Waals surface area contributed by atoms with Crippen LogP contribution in [0.1, 0.15) is 5.56 Å². The number of carbonyl (C=O) groups is 1. The monoisotopic (exact) mass is 330 g/mol. The molecule has 20 heavy (non-hydrogen) atoms. The molecule has 0 aliphatic rings. The maximum atomic E-state index is 10.7. The summed E-state index contributed by atoms with van der Waals surface area (Å²) in [6.45, 7) is 0. The highest BCUT2D eigenvalue weighted by atomic mass is 35.5. The van der Waals surface area contributed by atoms with Crippen molar-refractivity contribution in [3.63, 3.8) is 0 Å². The maximum Gasteiger partial charge on any atom is 0.307 e. The molecule has 4 nitrogen and oxygen atoms in total. The van der Waals surface area contributed by atoms with Gasteiger partial charge in [-0.05, 0) is 23.8 Å². The molecular weight excluding hydrogens is 323 g/mol. The molecule has 2 aromatic rings. The molecule has 0 saturated heterocycles. The molecule has 1 aromatic carbocycles. The van der Waals surface area contributed by atoms with E-state index in [-0.39, 0.29) is 6.42 Å². The van der Waals surface area contributed by atoms with E-state index >= 15 is 0 Å². The average Bonchev–Trinajstić information content (AvgIpc) is 2.29. The quantitative estimate of drug-likeness (QED) is 0.893. The molecule has 0 aliphatic carbocycles. The Hall–Kier alpha value is -1.49. The zero-order valence-corrected chi connectivity index (χ0v) is 12.3. The van der Waals surface area contributed by atoms with E-state index in [1.165, 1.54) is 24.4 Å². The summed E-state index contributed by atoms with van der Waals surface area (Å²) in [5.74, 6) is -0.957. The van der Waals surface area contributed by atoms with Gasteiger partial charge in [-0.15, -0.1) is 0 Å². The first-order chi connectivity index (χ1) is 9.38. The van der Waals surface area contributed by atoms with Crippen LogP contribution < -0.4 is 5.73 Å². The van der Waals surface area contributed by atoms with Crippen LogP contribution in [0.2, 0.25) is 15.1 Å². The number of pyridine rings is 1. The van der Waals surface area contributed by atoms with Crippen molar-refractivity contribution in [2.24, 2.45) is 0 Å². The number of carboxylic acid groups (broad SMARTS) is 1. The topological polar surface area (TPSA) is 76.2 Å². The lowest BCUT2D eigenvalue weighted by Gasteiger charge is -2.10. The van der Waals surface area contributed by atoms with Gasteiger partial charge in [-0.3, -0.25) is 9.78 Å². The van der Waals surface area contributed by atoms with Crippen molar-refractivity contribution in [3.05, 3.63) is 45.0 Å². The molecule has 1 heterocycles. The van der Waals surface area contributed by atoms with Crippen molar-refractivity contribution in [1.29, 1.82) is 0 Å². The summed E-state index contributed by atoms with van der Waals surface area (Å²) in [7, 11) is 0. The second-order valence-electron chi connectivity index (χ2n) is 4.10. The zero-order chi connectivity index (χ0) is 14.9. The van der Waals surface area contributed by atoms with E-state index in [1.54, 1.807) is 0 Å². The Morgan fingerprint density at radius 1 is 1.20 bits per heavy atom. The summed E-state index contributed by atoms with van der Waals surface area (Å²) in [5.41, 5.74) is 7.56. The summed E-state index contributed by atoms with van der Waals surface area (Å²) in [4.78, 5) is 14.8. The second-order valence-corrected chi connectivity index (χ2v) is 5.35. The molecule has 0 spiro atoms. The van der Waals surface area contributed by atoms with Gasteiger partial charge < -0.3 is 10.8 Å². The van der Waals surface area contributed by atoms with Crippen LogP contribution in [0.4, 0.5) is 5.69 Å². The largest absolute Gasteiger partial charge is 0.481 e. The lowest BCUT2D eigenvalue weighted by molar-refractivity contribution is -0.136. The number of nitrogens with zero attached hydrogens (tertiary/aromatic N) is 1. The van der Waals surface area contributed by atoms with E-state index in [2.05, 4.69) is 4.98 Å². The van der Waals surface area contributed by atoms with Crippen molar-refractivity contribution in [2.75, 3.05) is 5.73 Å². The average molecular weight is 332 g/mol. The molecule has 7 heteroatoms. The van der Waals surface area contributed by atoms with Crippen molar-refractivity contribution in [3.8, 4) is 11.3 Å². The Morgan fingerprint density at radius 3 is 2.30 bits per heavy atom. The first kappa shape index (κ1) is 14.9. The first-order valence-corrected chi connectivity index (χ1v) is 6.63. The number of benzene rings is 1. The number of aromatic nitrogens is 1. The molecule has 0 aliphatic heterocycles. The molecule has 104 valence electrons. The van der Waals surface area contributed by atoms with Crippen LogP contribution in [0.25, 0.3) is 11.3 Å². The van der Waals surface area contributed by atoms with Crippen molar-refractivity contribution < 1.29 is 9.90 Å². The summed E-state index contributed by atoms with van der Waals surface area (Å²) in [5, 5.41) is 9.80. The van der Waals surface area contributed by atoms with E-state index in [1.807, 2.05) is 0 Å². The van der Waals surface area contributed by atoms with E-state index in [0.717, 1.165) is 0 Å². The van der Waals surface area contributed by atoms with Crippen LogP contribution in [0.5, 0.6) is 0 Å². The third kappa shape index (κ3) is 3.15. The van der Waals surface area contributed by atoms with Crippen LogP contribution in [-0.2, 0) is 11.2 Å². The molecular formula is C13H9Cl3N2O2. The minimum Gasteiger partial charge on any atom is -0.481 e. The number of hydrogen-bond donors (Lipinski definition) is 2. The number of carboxylic acids is 1. The Labute approximate surface area is 130 Å². The van der Waals surface area contributed by atoms with Gasteiger partial charge in [0, 0.05) is 16.8 Å². The predicted molar refractivity (Wildman–Crippen MR) is 80.5 cm³/mol. The van der Waals surface area contributed by atoms with E-state index in [4.69, 9.17) is 45.6 Å². The Morgan fingerprint density at radius 2 is 1.80 bits per heavy atom.